The number of benzene rings is 1. The third-order valence-electron chi connectivity index (χ3n) is 1.42. The van der Waals surface area contributed by atoms with E-state index in [1.54, 1.807) is 6.07 Å². The molecule has 1 aromatic rings. The summed E-state index contributed by atoms with van der Waals surface area (Å²) in [6, 6.07) is 3.09. The van der Waals surface area contributed by atoms with E-state index in [0.29, 0.717) is 11.4 Å². The van der Waals surface area contributed by atoms with Crippen molar-refractivity contribution in [3.63, 3.8) is 0 Å². The molecule has 0 aliphatic carbocycles. The first-order chi connectivity index (χ1) is 4.61. The Morgan fingerprint density at radius 1 is 1.08 bits per heavy atom. The molecule has 0 aromatic heterocycles. The lowest BCUT2D eigenvalue weighted by Gasteiger charge is -2.02. The number of phenolic OH excluding ortho intramolecular Hbond substituents is 1. The summed E-state index contributed by atoms with van der Waals surface area (Å²) < 4.78 is 0. The van der Waals surface area contributed by atoms with E-state index >= 15 is 0 Å². The van der Waals surface area contributed by atoms with Crippen molar-refractivity contribution in [2.45, 2.75) is 6.92 Å². The summed E-state index contributed by atoms with van der Waals surface area (Å²) >= 11 is 0. The molecule has 1 aromatic carbocycles. The zero-order valence-electron chi connectivity index (χ0n) is 6.57. The first-order valence-corrected chi connectivity index (χ1v) is 2.96. The molecule has 0 saturated carbocycles. The molecule has 0 heterocycles. The highest BCUT2D eigenvalue weighted by atomic mass is 79.9. The van der Waals surface area contributed by atoms with E-state index < -0.39 is 0 Å². The molecule has 0 saturated heterocycles. The fourth-order valence-corrected chi connectivity index (χ4v) is 0.735. The third kappa shape index (κ3) is 2.91. The highest BCUT2D eigenvalue weighted by molar-refractivity contribution is 8.93. The molecule has 70 valence electrons. The second-order valence-electron chi connectivity index (χ2n) is 2.27. The summed E-state index contributed by atoms with van der Waals surface area (Å²) in [5.74, 6) is 0.0445. The van der Waals surface area contributed by atoms with Gasteiger partial charge in [-0.1, -0.05) is 0 Å². The Labute approximate surface area is 92.3 Å². The van der Waals surface area contributed by atoms with E-state index in [-0.39, 0.29) is 39.7 Å². The normalized spacial score (nSPS) is 8.08. The van der Waals surface area contributed by atoms with Crippen LogP contribution in [-0.2, 0) is 0 Å². The van der Waals surface area contributed by atoms with Gasteiger partial charge in [0.05, 0.1) is 5.69 Å². The van der Waals surface area contributed by atoms with E-state index in [1.807, 2.05) is 6.92 Å². The molecule has 5 N–H and O–H groups in total. The number of anilines is 2. The number of hydrogen-bond acceptors (Lipinski definition) is 3. The van der Waals surface area contributed by atoms with Crippen LogP contribution in [0.25, 0.3) is 0 Å². The van der Waals surface area contributed by atoms with Crippen LogP contribution < -0.4 is 11.5 Å². The number of halogens is 2. The molecule has 0 aliphatic heterocycles. The topological polar surface area (TPSA) is 72.3 Å². The molecule has 0 spiro atoms. The van der Waals surface area contributed by atoms with Crippen LogP contribution in [0.2, 0.25) is 0 Å². The second-order valence-corrected chi connectivity index (χ2v) is 2.27. The molecule has 0 aliphatic rings. The van der Waals surface area contributed by atoms with Crippen molar-refractivity contribution in [3.8, 4) is 5.75 Å². The number of phenols is 1. The summed E-state index contributed by atoms with van der Waals surface area (Å²) in [4.78, 5) is 0. The predicted molar refractivity (Wildman–Crippen MR) is 62.3 cm³/mol. The lowest BCUT2D eigenvalue weighted by atomic mass is 10.2. The van der Waals surface area contributed by atoms with Crippen LogP contribution in [0, 0.1) is 6.92 Å². The fourth-order valence-electron chi connectivity index (χ4n) is 0.735. The number of nitrogens with two attached hydrogens (primary N) is 2. The minimum Gasteiger partial charge on any atom is -0.506 e. The van der Waals surface area contributed by atoms with Gasteiger partial charge in [0, 0.05) is 11.8 Å². The first kappa shape index (κ1) is 14.1. The molecule has 0 amide bonds. The molecule has 0 unspecified atom stereocenters. The highest BCUT2D eigenvalue weighted by Gasteiger charge is 1.98. The number of hydrogen-bond donors (Lipinski definition) is 3. The number of rotatable bonds is 0. The van der Waals surface area contributed by atoms with Gasteiger partial charge in [0.2, 0.25) is 0 Å². The van der Waals surface area contributed by atoms with Gasteiger partial charge in [0.25, 0.3) is 0 Å². The van der Waals surface area contributed by atoms with Gasteiger partial charge in [-0.25, -0.2) is 0 Å². The highest BCUT2D eigenvalue weighted by Crippen LogP contribution is 2.25. The Kier molecular flexibility index (Phi) is 6.20. The Balaban J connectivity index is 0. The summed E-state index contributed by atoms with van der Waals surface area (Å²) in [5, 5.41) is 9.02. The average molecular weight is 300 g/mol. The fraction of sp³-hybridized carbons (Fsp3) is 0.143. The Morgan fingerprint density at radius 3 is 2.00 bits per heavy atom. The molecule has 3 nitrogen and oxygen atoms in total. The quantitative estimate of drug-likeness (QED) is 0.507. The molecule has 5 heteroatoms. The average Bonchev–Trinajstić information content (AvgIpc) is 1.84. The van der Waals surface area contributed by atoms with Crippen molar-refractivity contribution >= 4 is 45.3 Å². The number of nitrogen functional groups attached to an aromatic ring is 2. The number of aryl methyl sites for hydroxylation is 1. The minimum absolute atomic E-state index is 0. The van der Waals surface area contributed by atoms with Crippen molar-refractivity contribution in [1.29, 1.82) is 0 Å². The smallest absolute Gasteiger partial charge is 0.140 e. The number of aromatic hydroxyl groups is 1. The van der Waals surface area contributed by atoms with Crippen molar-refractivity contribution in [2.75, 3.05) is 11.5 Å². The monoisotopic (exact) mass is 298 g/mol. The molecule has 0 fully saturated rings. The predicted octanol–water partition coefficient (Wildman–Crippen LogP) is 2.02. The Hall–Kier alpha value is -0.420. The molecule has 0 atom stereocenters. The summed E-state index contributed by atoms with van der Waals surface area (Å²) in [6.45, 7) is 1.84. The van der Waals surface area contributed by atoms with Crippen LogP contribution in [-0.4, -0.2) is 5.11 Å². The van der Waals surface area contributed by atoms with Gasteiger partial charge in [0.1, 0.15) is 5.75 Å². The summed E-state index contributed by atoms with van der Waals surface area (Å²) in [5.41, 5.74) is 12.7. The lowest BCUT2D eigenvalue weighted by Crippen LogP contribution is -1.92. The van der Waals surface area contributed by atoms with Crippen molar-refractivity contribution < 1.29 is 5.11 Å². The molecular formula is C7H12Br2N2O. The summed E-state index contributed by atoms with van der Waals surface area (Å²) in [6.07, 6.45) is 0. The van der Waals surface area contributed by atoms with E-state index in [2.05, 4.69) is 0 Å². The minimum atomic E-state index is 0. The molecule has 0 radical (unpaired) electrons. The van der Waals surface area contributed by atoms with Gasteiger partial charge in [-0.05, 0) is 18.6 Å². The van der Waals surface area contributed by atoms with Gasteiger partial charge >= 0.3 is 0 Å². The van der Waals surface area contributed by atoms with Crippen LogP contribution >= 0.6 is 34.0 Å². The van der Waals surface area contributed by atoms with Crippen LogP contribution in [0.3, 0.4) is 0 Å². The third-order valence-corrected chi connectivity index (χ3v) is 1.42. The van der Waals surface area contributed by atoms with Gasteiger partial charge in [-0.15, -0.1) is 34.0 Å². The van der Waals surface area contributed by atoms with E-state index in [1.165, 1.54) is 6.07 Å². The van der Waals surface area contributed by atoms with Gasteiger partial charge < -0.3 is 16.6 Å². The standard InChI is InChI=1S/C7H10N2O.2BrH/c1-4-2-6(9)7(10)3-5(4)8;;/h2-3,10H,8-9H2,1H3;2*1H. The van der Waals surface area contributed by atoms with Gasteiger partial charge in [-0.3, -0.25) is 0 Å². The van der Waals surface area contributed by atoms with E-state index in [9.17, 15) is 0 Å². The Bertz CT molecular complexity index is 216. The van der Waals surface area contributed by atoms with Crippen LogP contribution in [0.15, 0.2) is 12.1 Å². The summed E-state index contributed by atoms with van der Waals surface area (Å²) in [7, 11) is 0. The van der Waals surface area contributed by atoms with Crippen LogP contribution in [0.1, 0.15) is 5.56 Å². The van der Waals surface area contributed by atoms with Gasteiger partial charge in [0.15, 0.2) is 0 Å². The van der Waals surface area contributed by atoms with Crippen LogP contribution in [0.4, 0.5) is 11.4 Å². The lowest BCUT2D eigenvalue weighted by molar-refractivity contribution is 0.478. The zero-order valence-corrected chi connectivity index (χ0v) is 10.00. The molecule has 1 rings (SSSR count). The van der Waals surface area contributed by atoms with Crippen molar-refractivity contribution in [1.82, 2.24) is 0 Å². The maximum absolute atomic E-state index is 9.02. The second kappa shape index (κ2) is 5.27. The van der Waals surface area contributed by atoms with Crippen LogP contribution in [0.5, 0.6) is 5.75 Å². The Morgan fingerprint density at radius 2 is 1.58 bits per heavy atom. The van der Waals surface area contributed by atoms with E-state index in [0.717, 1.165) is 5.56 Å². The van der Waals surface area contributed by atoms with E-state index in [4.69, 9.17) is 16.6 Å². The molecule has 0 bridgehead atoms. The SMILES string of the molecule is Br.Br.Cc1cc(N)c(O)cc1N. The zero-order chi connectivity index (χ0) is 7.72. The largest absolute Gasteiger partial charge is 0.506 e. The van der Waals surface area contributed by atoms with Gasteiger partial charge in [-0.2, -0.15) is 0 Å². The molecular weight excluding hydrogens is 288 g/mol. The van der Waals surface area contributed by atoms with Crippen molar-refractivity contribution in [2.24, 2.45) is 0 Å². The first-order valence-electron chi connectivity index (χ1n) is 2.96. The maximum atomic E-state index is 9.02. The molecule has 12 heavy (non-hydrogen) atoms. The van der Waals surface area contributed by atoms with Crippen molar-refractivity contribution in [3.05, 3.63) is 17.7 Å². The maximum Gasteiger partial charge on any atom is 0.140 e.